The average molecular weight is 462 g/mol. The van der Waals surface area contributed by atoms with Gasteiger partial charge in [0.1, 0.15) is 18.2 Å². The lowest BCUT2D eigenvalue weighted by molar-refractivity contribution is 0.363. The molecule has 0 bridgehead atoms. The molecule has 0 aliphatic carbocycles. The molecule has 0 spiro atoms. The molecule has 0 aliphatic heterocycles. The summed E-state index contributed by atoms with van der Waals surface area (Å²) < 4.78 is 8.03. The Bertz CT molecular complexity index is 1340. The fraction of sp³-hybridized carbons (Fsp3) is 0.125. The van der Waals surface area contributed by atoms with Crippen LogP contribution in [0.3, 0.4) is 0 Å². The maximum Gasteiger partial charge on any atom is 0.282 e. The first-order valence-corrected chi connectivity index (χ1v) is 10.4. The summed E-state index contributed by atoms with van der Waals surface area (Å²) in [5, 5.41) is 7.11. The van der Waals surface area contributed by atoms with Crippen molar-refractivity contribution in [2.24, 2.45) is 5.10 Å². The van der Waals surface area contributed by atoms with Gasteiger partial charge in [-0.1, -0.05) is 65.8 Å². The van der Waals surface area contributed by atoms with E-state index in [1.807, 2.05) is 55.5 Å². The minimum absolute atomic E-state index is 0.205. The molecule has 150 valence electrons. The maximum atomic E-state index is 13.1. The van der Waals surface area contributed by atoms with Crippen LogP contribution in [0.4, 0.5) is 0 Å². The van der Waals surface area contributed by atoms with Crippen LogP contribution in [-0.4, -0.2) is 22.5 Å². The van der Waals surface area contributed by atoms with Gasteiger partial charge in [-0.05, 0) is 35.0 Å². The molecule has 0 radical (unpaired) electrons. The van der Waals surface area contributed by atoms with Crippen molar-refractivity contribution in [1.82, 2.24) is 9.66 Å². The number of benzene rings is 3. The Morgan fingerprint density at radius 2 is 2.00 bits per heavy atom. The van der Waals surface area contributed by atoms with E-state index in [0.717, 1.165) is 20.8 Å². The van der Waals surface area contributed by atoms with Gasteiger partial charge in [0.2, 0.25) is 0 Å². The van der Waals surface area contributed by atoms with E-state index in [1.54, 1.807) is 18.4 Å². The number of fused-ring (bicyclic) bond motifs is 2. The van der Waals surface area contributed by atoms with Crippen molar-refractivity contribution in [3.8, 4) is 5.75 Å². The number of ether oxygens (including phenoxy) is 1. The van der Waals surface area contributed by atoms with Crippen LogP contribution in [0.15, 0.2) is 81.6 Å². The summed E-state index contributed by atoms with van der Waals surface area (Å²) in [5.41, 5.74) is 1.26. The molecule has 30 heavy (non-hydrogen) atoms. The van der Waals surface area contributed by atoms with Crippen LogP contribution in [0.1, 0.15) is 18.3 Å². The molecule has 6 heteroatoms. The minimum Gasteiger partial charge on any atom is -0.489 e. The van der Waals surface area contributed by atoms with Gasteiger partial charge >= 0.3 is 0 Å². The highest BCUT2D eigenvalue weighted by atomic mass is 79.9. The fourth-order valence-electron chi connectivity index (χ4n) is 3.34. The van der Waals surface area contributed by atoms with Crippen molar-refractivity contribution < 1.29 is 4.74 Å². The van der Waals surface area contributed by atoms with Gasteiger partial charge in [0.15, 0.2) is 0 Å². The zero-order valence-corrected chi connectivity index (χ0v) is 18.1. The van der Waals surface area contributed by atoms with Crippen molar-refractivity contribution in [3.05, 3.63) is 93.5 Å². The summed E-state index contributed by atoms with van der Waals surface area (Å²) in [6.07, 6.45) is 3.95. The Morgan fingerprint density at radius 1 is 1.17 bits per heavy atom. The normalized spacial score (nSPS) is 11.4. The van der Waals surface area contributed by atoms with Gasteiger partial charge in [0.05, 0.1) is 17.1 Å². The van der Waals surface area contributed by atoms with E-state index < -0.39 is 0 Å². The molecule has 3 aromatic carbocycles. The topological polar surface area (TPSA) is 56.5 Å². The molecule has 0 unspecified atom stereocenters. The molecule has 0 atom stereocenters. The number of aromatic nitrogens is 2. The van der Waals surface area contributed by atoms with E-state index in [-0.39, 0.29) is 5.56 Å². The van der Waals surface area contributed by atoms with Gasteiger partial charge in [-0.2, -0.15) is 9.78 Å². The third-order valence-corrected chi connectivity index (χ3v) is 5.27. The van der Waals surface area contributed by atoms with Gasteiger partial charge in [-0.3, -0.25) is 4.79 Å². The Hall–Kier alpha value is -3.25. The lowest BCUT2D eigenvalue weighted by Crippen LogP contribution is -2.22. The third-order valence-electron chi connectivity index (χ3n) is 4.78. The number of rotatable bonds is 6. The molecule has 4 rings (SSSR count). The molecule has 1 heterocycles. The standard InChI is InChI=1S/C24H20BrN3O2/c1-3-13-30-22-12-9-16-7-5-6-8-18(16)20(22)15-26-28-23(4-2)27-21-11-10-17(25)14-19(21)24(28)29/h3,5-12,14-15H,1,4,13H2,2H3. The van der Waals surface area contributed by atoms with Crippen LogP contribution in [0.5, 0.6) is 5.75 Å². The number of hydrogen-bond acceptors (Lipinski definition) is 4. The zero-order valence-electron chi connectivity index (χ0n) is 16.5. The van der Waals surface area contributed by atoms with Crippen molar-refractivity contribution in [2.75, 3.05) is 6.61 Å². The maximum absolute atomic E-state index is 13.1. The second kappa shape index (κ2) is 8.63. The molecule has 0 saturated heterocycles. The zero-order chi connectivity index (χ0) is 21.1. The van der Waals surface area contributed by atoms with E-state index in [4.69, 9.17) is 4.74 Å². The van der Waals surface area contributed by atoms with Crippen molar-refractivity contribution in [3.63, 3.8) is 0 Å². The predicted octanol–water partition coefficient (Wildman–Crippen LogP) is 5.32. The predicted molar refractivity (Wildman–Crippen MR) is 126 cm³/mol. The fourth-order valence-corrected chi connectivity index (χ4v) is 3.70. The first-order valence-electron chi connectivity index (χ1n) is 9.63. The Labute approximate surface area is 182 Å². The molecular formula is C24H20BrN3O2. The Kier molecular flexibility index (Phi) is 5.77. The molecular weight excluding hydrogens is 442 g/mol. The molecule has 0 aliphatic rings. The highest BCUT2D eigenvalue weighted by molar-refractivity contribution is 9.10. The molecule has 1 aromatic heterocycles. The first kappa shape index (κ1) is 20.0. The SMILES string of the molecule is C=CCOc1ccc2ccccc2c1C=Nn1c(CC)nc2ccc(Br)cc2c1=O. The van der Waals surface area contributed by atoms with Crippen LogP contribution in [0, 0.1) is 0 Å². The van der Waals surface area contributed by atoms with Crippen molar-refractivity contribution in [2.45, 2.75) is 13.3 Å². The van der Waals surface area contributed by atoms with Gasteiger partial charge in [-0.15, -0.1) is 0 Å². The van der Waals surface area contributed by atoms with E-state index in [1.165, 1.54) is 4.68 Å². The second-order valence-corrected chi connectivity index (χ2v) is 7.62. The van der Waals surface area contributed by atoms with Crippen LogP contribution in [0.2, 0.25) is 0 Å². The van der Waals surface area contributed by atoms with E-state index in [9.17, 15) is 4.79 Å². The summed E-state index contributed by atoms with van der Waals surface area (Å²) >= 11 is 3.42. The smallest absolute Gasteiger partial charge is 0.282 e. The monoisotopic (exact) mass is 461 g/mol. The van der Waals surface area contributed by atoms with Gasteiger partial charge in [-0.25, -0.2) is 4.98 Å². The molecule has 0 amide bonds. The van der Waals surface area contributed by atoms with Crippen molar-refractivity contribution >= 4 is 43.8 Å². The van der Waals surface area contributed by atoms with E-state index >= 15 is 0 Å². The quantitative estimate of drug-likeness (QED) is 0.288. The number of hydrogen-bond donors (Lipinski definition) is 0. The number of nitrogens with zero attached hydrogens (tertiary/aromatic N) is 3. The van der Waals surface area contributed by atoms with Crippen LogP contribution in [0.25, 0.3) is 21.7 Å². The molecule has 0 fully saturated rings. The third kappa shape index (κ3) is 3.78. The molecule has 0 saturated carbocycles. The highest BCUT2D eigenvalue weighted by Crippen LogP contribution is 2.27. The summed E-state index contributed by atoms with van der Waals surface area (Å²) in [5.74, 6) is 1.28. The Morgan fingerprint density at radius 3 is 2.80 bits per heavy atom. The van der Waals surface area contributed by atoms with Crippen LogP contribution >= 0.6 is 15.9 Å². The summed E-state index contributed by atoms with van der Waals surface area (Å²) in [7, 11) is 0. The lowest BCUT2D eigenvalue weighted by Gasteiger charge is -2.11. The number of aryl methyl sites for hydroxylation is 1. The number of halogens is 1. The first-order chi connectivity index (χ1) is 14.6. The van der Waals surface area contributed by atoms with E-state index in [2.05, 4.69) is 32.6 Å². The highest BCUT2D eigenvalue weighted by Gasteiger charge is 2.11. The van der Waals surface area contributed by atoms with E-state index in [0.29, 0.717) is 35.5 Å². The van der Waals surface area contributed by atoms with Crippen molar-refractivity contribution in [1.29, 1.82) is 0 Å². The van der Waals surface area contributed by atoms with Gasteiger partial charge < -0.3 is 4.74 Å². The van der Waals surface area contributed by atoms with Crippen LogP contribution < -0.4 is 10.3 Å². The van der Waals surface area contributed by atoms with Gasteiger partial charge in [0, 0.05) is 16.5 Å². The van der Waals surface area contributed by atoms with Gasteiger partial charge in [0.25, 0.3) is 5.56 Å². The summed E-state index contributed by atoms with van der Waals surface area (Å²) in [6, 6.07) is 17.4. The molecule has 5 nitrogen and oxygen atoms in total. The summed E-state index contributed by atoms with van der Waals surface area (Å²) in [4.78, 5) is 17.8. The van der Waals surface area contributed by atoms with Crippen LogP contribution in [-0.2, 0) is 6.42 Å². The Balaban J connectivity index is 1.91. The summed E-state index contributed by atoms with van der Waals surface area (Å²) in [6.45, 7) is 6.05. The second-order valence-electron chi connectivity index (χ2n) is 6.70. The average Bonchev–Trinajstić information content (AvgIpc) is 2.77. The molecule has 4 aromatic rings. The lowest BCUT2D eigenvalue weighted by atomic mass is 10.0. The molecule has 0 N–H and O–H groups in total. The largest absolute Gasteiger partial charge is 0.489 e. The minimum atomic E-state index is -0.205.